The van der Waals surface area contributed by atoms with Crippen LogP contribution in [0, 0.1) is 5.82 Å². The molecule has 0 aromatic heterocycles. The van der Waals surface area contributed by atoms with Crippen molar-refractivity contribution in [1.82, 2.24) is 0 Å². The van der Waals surface area contributed by atoms with E-state index in [2.05, 4.69) is 4.74 Å². The molecule has 0 heterocycles. The molecular formula is C14H12FNO2. The van der Waals surface area contributed by atoms with Gasteiger partial charge in [-0.3, -0.25) is 0 Å². The summed E-state index contributed by atoms with van der Waals surface area (Å²) in [6, 6.07) is 11.3. The van der Waals surface area contributed by atoms with Gasteiger partial charge in [-0.2, -0.15) is 0 Å². The fraction of sp³-hybridized carbons (Fsp3) is 0.0714. The number of hydrogen-bond donors (Lipinski definition) is 1. The van der Waals surface area contributed by atoms with E-state index in [9.17, 15) is 9.18 Å². The van der Waals surface area contributed by atoms with Crippen LogP contribution in [0.3, 0.4) is 0 Å². The Labute approximate surface area is 104 Å². The van der Waals surface area contributed by atoms with Gasteiger partial charge in [-0.25, -0.2) is 9.18 Å². The Hall–Kier alpha value is -2.36. The summed E-state index contributed by atoms with van der Waals surface area (Å²) in [6.45, 7) is 0. The molecule has 0 bridgehead atoms. The molecule has 0 spiro atoms. The van der Waals surface area contributed by atoms with Crippen molar-refractivity contribution in [1.29, 1.82) is 0 Å². The summed E-state index contributed by atoms with van der Waals surface area (Å²) < 4.78 is 17.9. The molecule has 0 saturated carbocycles. The molecular weight excluding hydrogens is 233 g/mol. The van der Waals surface area contributed by atoms with Gasteiger partial charge in [0.2, 0.25) is 0 Å². The monoisotopic (exact) mass is 245 g/mol. The summed E-state index contributed by atoms with van der Waals surface area (Å²) in [7, 11) is 1.32. The van der Waals surface area contributed by atoms with E-state index in [0.29, 0.717) is 11.1 Å². The quantitative estimate of drug-likeness (QED) is 0.653. The fourth-order valence-corrected chi connectivity index (χ4v) is 1.62. The first-order valence-electron chi connectivity index (χ1n) is 5.35. The molecule has 2 aromatic rings. The second kappa shape index (κ2) is 4.87. The van der Waals surface area contributed by atoms with Crippen LogP contribution in [0.1, 0.15) is 10.4 Å². The average molecular weight is 245 g/mol. The Morgan fingerprint density at radius 1 is 1.11 bits per heavy atom. The number of esters is 1. The second-order valence-corrected chi connectivity index (χ2v) is 3.81. The van der Waals surface area contributed by atoms with E-state index in [0.717, 1.165) is 5.56 Å². The largest absolute Gasteiger partial charge is 0.465 e. The predicted octanol–water partition coefficient (Wildman–Crippen LogP) is 2.86. The number of carbonyl (C=O) groups is 1. The van der Waals surface area contributed by atoms with Crippen LogP contribution in [0.4, 0.5) is 10.1 Å². The van der Waals surface area contributed by atoms with Crippen molar-refractivity contribution in [2.45, 2.75) is 0 Å². The Morgan fingerprint density at radius 2 is 1.72 bits per heavy atom. The highest BCUT2D eigenvalue weighted by molar-refractivity contribution is 5.90. The first-order chi connectivity index (χ1) is 8.61. The van der Waals surface area contributed by atoms with Gasteiger partial charge in [0.1, 0.15) is 5.82 Å². The van der Waals surface area contributed by atoms with Crippen molar-refractivity contribution < 1.29 is 13.9 Å². The molecule has 18 heavy (non-hydrogen) atoms. The van der Waals surface area contributed by atoms with Crippen molar-refractivity contribution >= 4 is 11.7 Å². The average Bonchev–Trinajstić information content (AvgIpc) is 2.41. The Bertz CT molecular complexity index is 579. The van der Waals surface area contributed by atoms with Crippen LogP contribution >= 0.6 is 0 Å². The van der Waals surface area contributed by atoms with Crippen LogP contribution in [0.25, 0.3) is 11.1 Å². The molecule has 3 nitrogen and oxygen atoms in total. The molecule has 2 aromatic carbocycles. The van der Waals surface area contributed by atoms with Crippen LogP contribution in [0.15, 0.2) is 42.5 Å². The minimum Gasteiger partial charge on any atom is -0.465 e. The Morgan fingerprint density at radius 3 is 2.28 bits per heavy atom. The van der Waals surface area contributed by atoms with E-state index in [4.69, 9.17) is 5.73 Å². The van der Waals surface area contributed by atoms with Crippen LogP contribution in [-0.2, 0) is 4.74 Å². The molecule has 0 unspecified atom stereocenters. The minimum absolute atomic E-state index is 0.116. The van der Waals surface area contributed by atoms with Gasteiger partial charge in [0.25, 0.3) is 0 Å². The van der Waals surface area contributed by atoms with Gasteiger partial charge in [-0.05, 0) is 35.4 Å². The van der Waals surface area contributed by atoms with Gasteiger partial charge >= 0.3 is 5.97 Å². The molecule has 0 amide bonds. The standard InChI is InChI=1S/C14H12FNO2/c1-18-14(17)10-4-2-9(3-5-10)11-6-7-13(16)12(15)8-11/h2-8H,16H2,1H3. The summed E-state index contributed by atoms with van der Waals surface area (Å²) in [4.78, 5) is 11.3. The topological polar surface area (TPSA) is 52.3 Å². The minimum atomic E-state index is -0.454. The number of rotatable bonds is 2. The van der Waals surface area contributed by atoms with Gasteiger partial charge in [-0.15, -0.1) is 0 Å². The number of carbonyl (C=O) groups excluding carboxylic acids is 1. The zero-order valence-corrected chi connectivity index (χ0v) is 9.81. The van der Waals surface area contributed by atoms with Gasteiger partial charge < -0.3 is 10.5 Å². The lowest BCUT2D eigenvalue weighted by atomic mass is 10.0. The summed E-state index contributed by atoms with van der Waals surface area (Å²) >= 11 is 0. The van der Waals surface area contributed by atoms with E-state index in [-0.39, 0.29) is 5.69 Å². The Kier molecular flexibility index (Phi) is 3.28. The fourth-order valence-electron chi connectivity index (χ4n) is 1.62. The number of anilines is 1. The third kappa shape index (κ3) is 2.32. The number of nitrogen functional groups attached to an aromatic ring is 1. The van der Waals surface area contributed by atoms with Gasteiger partial charge in [0, 0.05) is 0 Å². The number of ether oxygens (including phenoxy) is 1. The van der Waals surface area contributed by atoms with E-state index in [1.807, 2.05) is 0 Å². The molecule has 2 rings (SSSR count). The van der Waals surface area contributed by atoms with Crippen LogP contribution in [0.5, 0.6) is 0 Å². The first-order valence-corrected chi connectivity index (χ1v) is 5.35. The maximum atomic E-state index is 13.3. The van der Waals surface area contributed by atoms with Crippen LogP contribution in [-0.4, -0.2) is 13.1 Å². The lowest BCUT2D eigenvalue weighted by Crippen LogP contribution is -2.00. The van der Waals surface area contributed by atoms with Crippen molar-refractivity contribution in [3.05, 3.63) is 53.8 Å². The molecule has 0 aliphatic rings. The maximum absolute atomic E-state index is 13.3. The van der Waals surface area contributed by atoms with Crippen molar-refractivity contribution in [2.75, 3.05) is 12.8 Å². The molecule has 0 radical (unpaired) electrons. The summed E-state index contributed by atoms with van der Waals surface area (Å²) in [6.07, 6.45) is 0. The predicted molar refractivity (Wildman–Crippen MR) is 67.6 cm³/mol. The van der Waals surface area contributed by atoms with Gasteiger partial charge in [-0.1, -0.05) is 18.2 Å². The van der Waals surface area contributed by atoms with Gasteiger partial charge in [0.15, 0.2) is 0 Å². The third-order valence-electron chi connectivity index (χ3n) is 2.64. The highest BCUT2D eigenvalue weighted by atomic mass is 19.1. The normalized spacial score (nSPS) is 10.1. The molecule has 92 valence electrons. The highest BCUT2D eigenvalue weighted by Gasteiger charge is 2.06. The van der Waals surface area contributed by atoms with Crippen LogP contribution in [0.2, 0.25) is 0 Å². The SMILES string of the molecule is COC(=O)c1ccc(-c2ccc(N)c(F)c2)cc1. The zero-order chi connectivity index (χ0) is 13.1. The maximum Gasteiger partial charge on any atom is 0.337 e. The third-order valence-corrected chi connectivity index (χ3v) is 2.64. The first kappa shape index (κ1) is 12.1. The highest BCUT2D eigenvalue weighted by Crippen LogP contribution is 2.23. The number of hydrogen-bond acceptors (Lipinski definition) is 3. The summed E-state index contributed by atoms with van der Waals surface area (Å²) in [5.74, 6) is -0.852. The lowest BCUT2D eigenvalue weighted by molar-refractivity contribution is 0.0601. The second-order valence-electron chi connectivity index (χ2n) is 3.81. The van der Waals surface area contributed by atoms with Crippen molar-refractivity contribution in [3.8, 4) is 11.1 Å². The molecule has 2 N–H and O–H groups in total. The lowest BCUT2D eigenvalue weighted by Gasteiger charge is -2.05. The smallest absolute Gasteiger partial charge is 0.337 e. The molecule has 0 atom stereocenters. The van der Waals surface area contributed by atoms with Gasteiger partial charge in [0.05, 0.1) is 18.4 Å². The molecule has 4 heteroatoms. The van der Waals surface area contributed by atoms with E-state index >= 15 is 0 Å². The van der Waals surface area contributed by atoms with Crippen molar-refractivity contribution in [3.63, 3.8) is 0 Å². The number of nitrogens with two attached hydrogens (primary N) is 1. The Balaban J connectivity index is 2.34. The zero-order valence-electron chi connectivity index (χ0n) is 9.81. The van der Waals surface area contributed by atoms with Crippen molar-refractivity contribution in [2.24, 2.45) is 0 Å². The van der Waals surface area contributed by atoms with E-state index < -0.39 is 11.8 Å². The molecule has 0 aliphatic carbocycles. The number of halogens is 1. The van der Waals surface area contributed by atoms with E-state index in [1.54, 1.807) is 30.3 Å². The van der Waals surface area contributed by atoms with Crippen LogP contribution < -0.4 is 5.73 Å². The molecule has 0 aliphatic heterocycles. The summed E-state index contributed by atoms with van der Waals surface area (Å²) in [5, 5.41) is 0. The molecule has 0 fully saturated rings. The van der Waals surface area contributed by atoms with E-state index in [1.165, 1.54) is 19.2 Å². The number of methoxy groups -OCH3 is 1. The summed E-state index contributed by atoms with van der Waals surface area (Å²) in [5.41, 5.74) is 7.50. The molecule has 0 saturated heterocycles. The number of benzene rings is 2.